The first-order valence-corrected chi connectivity index (χ1v) is 14.2. The number of ether oxygens (including phenoxy) is 1. The summed E-state index contributed by atoms with van der Waals surface area (Å²) in [5, 5.41) is 1.95. The number of hydrogen-bond acceptors (Lipinski definition) is 4. The van der Waals surface area contributed by atoms with Gasteiger partial charge < -0.3 is 4.74 Å². The van der Waals surface area contributed by atoms with Crippen molar-refractivity contribution in [3.63, 3.8) is 0 Å². The third-order valence-corrected chi connectivity index (χ3v) is 7.46. The van der Waals surface area contributed by atoms with E-state index in [4.69, 9.17) is 4.74 Å². The van der Waals surface area contributed by atoms with Gasteiger partial charge >= 0.3 is 0 Å². The minimum atomic E-state index is -0.353. The normalized spacial score (nSPS) is 18.3. The van der Waals surface area contributed by atoms with E-state index in [1.54, 1.807) is 13.2 Å². The van der Waals surface area contributed by atoms with Gasteiger partial charge in [0.2, 0.25) is 0 Å². The summed E-state index contributed by atoms with van der Waals surface area (Å²) in [5.41, 5.74) is 7.41. The molecule has 2 aromatic rings. The van der Waals surface area contributed by atoms with Crippen molar-refractivity contribution >= 4 is 29.0 Å². The standard InChI is InChI=1S/C26H29NO3S.C4H10.C2H6/c1-15-11-19-20(26(4,5)10-9-25(19,2)3)14-18(15)17-8-7-16(12-21(17)30-6)13-22-23(28)27-24(29)31-22;1-4(2)3;1-2/h7-8,11-14H,9-10H2,1-6H3,(H,27,28,29);4H,1-3H3;1-2H3/b22-13-;;. The van der Waals surface area contributed by atoms with Crippen molar-refractivity contribution in [2.45, 2.75) is 92.9 Å². The van der Waals surface area contributed by atoms with Gasteiger partial charge in [-0.05, 0) is 94.3 Å². The van der Waals surface area contributed by atoms with Gasteiger partial charge in [-0.2, -0.15) is 0 Å². The molecule has 37 heavy (non-hydrogen) atoms. The lowest BCUT2D eigenvalue weighted by molar-refractivity contribution is -0.115. The maximum absolute atomic E-state index is 11.9. The second-order valence-electron chi connectivity index (χ2n) is 11.5. The van der Waals surface area contributed by atoms with Gasteiger partial charge in [-0.25, -0.2) is 0 Å². The molecule has 0 atom stereocenters. The van der Waals surface area contributed by atoms with Gasteiger partial charge in [0.1, 0.15) is 5.75 Å². The first-order valence-electron chi connectivity index (χ1n) is 13.3. The minimum absolute atomic E-state index is 0.129. The van der Waals surface area contributed by atoms with Crippen LogP contribution < -0.4 is 10.1 Å². The molecule has 2 amide bonds. The number of carbonyl (C=O) groups is 2. The predicted molar refractivity (Wildman–Crippen MR) is 159 cm³/mol. The van der Waals surface area contributed by atoms with Gasteiger partial charge in [-0.15, -0.1) is 0 Å². The topological polar surface area (TPSA) is 55.4 Å². The maximum atomic E-state index is 11.9. The lowest BCUT2D eigenvalue weighted by Gasteiger charge is -2.42. The average Bonchev–Trinajstić information content (AvgIpc) is 3.14. The van der Waals surface area contributed by atoms with Crippen LogP contribution in [0.4, 0.5) is 4.79 Å². The summed E-state index contributed by atoms with van der Waals surface area (Å²) in [6.07, 6.45) is 4.08. The largest absolute Gasteiger partial charge is 0.496 e. The SMILES string of the molecule is CC.CC(C)C.COc1cc(/C=C2\SC(=O)NC2=O)ccc1-c1cc2c(cc1C)C(C)(C)CCC2(C)C. The number of nitrogens with one attached hydrogen (secondary N) is 1. The second-order valence-corrected chi connectivity index (χ2v) is 12.5. The number of imide groups is 1. The maximum Gasteiger partial charge on any atom is 0.290 e. The summed E-state index contributed by atoms with van der Waals surface area (Å²) in [4.78, 5) is 23.7. The third kappa shape index (κ3) is 7.28. The highest BCUT2D eigenvalue weighted by atomic mass is 32.2. The van der Waals surface area contributed by atoms with E-state index in [2.05, 4.69) is 72.8 Å². The predicted octanol–water partition coefficient (Wildman–Crippen LogP) is 9.03. The second kappa shape index (κ2) is 12.3. The molecule has 2 aliphatic rings. The molecule has 4 rings (SSSR count). The van der Waals surface area contributed by atoms with Gasteiger partial charge in [0.05, 0.1) is 12.0 Å². The molecule has 0 saturated carbocycles. The molecule has 1 fully saturated rings. The molecule has 2 aromatic carbocycles. The lowest BCUT2D eigenvalue weighted by atomic mass is 9.62. The smallest absolute Gasteiger partial charge is 0.290 e. The van der Waals surface area contributed by atoms with Gasteiger partial charge in [0.15, 0.2) is 0 Å². The van der Waals surface area contributed by atoms with Crippen LogP contribution in [-0.2, 0) is 15.6 Å². The summed E-state index contributed by atoms with van der Waals surface area (Å²) in [5.74, 6) is 1.23. The van der Waals surface area contributed by atoms with Crippen LogP contribution in [0, 0.1) is 12.8 Å². The quantitative estimate of drug-likeness (QED) is 0.408. The number of rotatable bonds is 3. The number of carbonyl (C=O) groups excluding carboxylic acids is 2. The molecular formula is C32H45NO3S. The highest BCUT2D eigenvalue weighted by Crippen LogP contribution is 2.48. The molecule has 1 saturated heterocycles. The van der Waals surface area contributed by atoms with E-state index in [9.17, 15) is 9.59 Å². The molecule has 0 bridgehead atoms. The summed E-state index contributed by atoms with van der Waals surface area (Å²) in [6, 6.07) is 10.6. The molecule has 0 aromatic heterocycles. The van der Waals surface area contributed by atoms with Crippen LogP contribution >= 0.6 is 11.8 Å². The Balaban J connectivity index is 0.000000733. The van der Waals surface area contributed by atoms with Gasteiger partial charge in [-0.3, -0.25) is 14.9 Å². The number of thioether (sulfide) groups is 1. The van der Waals surface area contributed by atoms with Crippen molar-refractivity contribution < 1.29 is 14.3 Å². The van der Waals surface area contributed by atoms with E-state index in [1.165, 1.54) is 28.7 Å². The van der Waals surface area contributed by atoms with Crippen LogP contribution in [-0.4, -0.2) is 18.3 Å². The number of aryl methyl sites for hydroxylation is 1. The van der Waals surface area contributed by atoms with Crippen molar-refractivity contribution in [1.29, 1.82) is 0 Å². The summed E-state index contributed by atoms with van der Waals surface area (Å²) in [7, 11) is 1.66. The lowest BCUT2D eigenvalue weighted by Crippen LogP contribution is -2.34. The molecule has 5 heteroatoms. The zero-order valence-electron chi connectivity index (χ0n) is 24.6. The Hall–Kier alpha value is -2.53. The Bertz CT molecular complexity index is 1170. The molecule has 1 heterocycles. The number of benzene rings is 2. The summed E-state index contributed by atoms with van der Waals surface area (Å²) < 4.78 is 5.74. The van der Waals surface area contributed by atoms with Gasteiger partial charge in [0.25, 0.3) is 11.1 Å². The Morgan fingerprint density at radius 1 is 0.919 bits per heavy atom. The van der Waals surface area contributed by atoms with Crippen LogP contribution in [0.15, 0.2) is 35.2 Å². The van der Waals surface area contributed by atoms with Crippen molar-refractivity contribution in [3.8, 4) is 16.9 Å². The van der Waals surface area contributed by atoms with E-state index >= 15 is 0 Å². The number of methoxy groups -OCH3 is 1. The fourth-order valence-corrected chi connectivity index (χ4v) is 5.29. The highest BCUT2D eigenvalue weighted by Gasteiger charge is 2.37. The molecule has 1 N–H and O–H groups in total. The van der Waals surface area contributed by atoms with Crippen LogP contribution in [0.2, 0.25) is 0 Å². The first kappa shape index (κ1) is 30.7. The summed E-state index contributed by atoms with van der Waals surface area (Å²) >= 11 is 0.921. The van der Waals surface area contributed by atoms with Crippen LogP contribution in [0.3, 0.4) is 0 Å². The van der Waals surface area contributed by atoms with Crippen molar-refractivity contribution in [3.05, 3.63) is 57.5 Å². The molecule has 0 spiro atoms. The van der Waals surface area contributed by atoms with E-state index < -0.39 is 0 Å². The number of fused-ring (bicyclic) bond motifs is 1. The average molecular weight is 524 g/mol. The number of amides is 2. The van der Waals surface area contributed by atoms with Crippen LogP contribution in [0.5, 0.6) is 5.75 Å². The molecule has 1 aliphatic heterocycles. The third-order valence-electron chi connectivity index (χ3n) is 6.65. The van der Waals surface area contributed by atoms with Crippen LogP contribution in [0.1, 0.15) is 97.4 Å². The Labute approximate surface area is 228 Å². The number of hydrogen-bond donors (Lipinski definition) is 1. The Morgan fingerprint density at radius 3 is 1.95 bits per heavy atom. The molecule has 4 nitrogen and oxygen atoms in total. The highest BCUT2D eigenvalue weighted by molar-refractivity contribution is 8.18. The molecular weight excluding hydrogens is 478 g/mol. The van der Waals surface area contributed by atoms with E-state index in [0.717, 1.165) is 41.0 Å². The van der Waals surface area contributed by atoms with Gasteiger partial charge in [-0.1, -0.05) is 80.5 Å². The van der Waals surface area contributed by atoms with Crippen molar-refractivity contribution in [1.82, 2.24) is 5.32 Å². The minimum Gasteiger partial charge on any atom is -0.496 e. The van der Waals surface area contributed by atoms with E-state index in [-0.39, 0.29) is 22.0 Å². The van der Waals surface area contributed by atoms with Crippen molar-refractivity contribution in [2.75, 3.05) is 7.11 Å². The molecule has 1 aliphatic carbocycles. The van der Waals surface area contributed by atoms with Crippen molar-refractivity contribution in [2.24, 2.45) is 5.92 Å². The van der Waals surface area contributed by atoms with Crippen LogP contribution in [0.25, 0.3) is 17.2 Å². The fourth-order valence-electron chi connectivity index (χ4n) is 4.60. The zero-order chi connectivity index (χ0) is 28.1. The molecule has 0 radical (unpaired) electrons. The molecule has 202 valence electrons. The summed E-state index contributed by atoms with van der Waals surface area (Å²) in [6.45, 7) is 22.0. The van der Waals surface area contributed by atoms with E-state index in [1.807, 2.05) is 32.0 Å². The molecule has 0 unspecified atom stereocenters. The Kier molecular flexibility index (Phi) is 10.2. The fraction of sp³-hybridized carbons (Fsp3) is 0.500. The van der Waals surface area contributed by atoms with E-state index in [0.29, 0.717) is 4.91 Å². The zero-order valence-corrected chi connectivity index (χ0v) is 25.4. The van der Waals surface area contributed by atoms with Gasteiger partial charge in [0, 0.05) is 5.56 Å². The first-order chi connectivity index (χ1) is 17.2. The monoisotopic (exact) mass is 523 g/mol. The Morgan fingerprint density at radius 2 is 1.46 bits per heavy atom.